The van der Waals surface area contributed by atoms with Crippen molar-refractivity contribution in [2.45, 2.75) is 32.1 Å². The predicted octanol–water partition coefficient (Wildman–Crippen LogP) is 4.47. The van der Waals surface area contributed by atoms with E-state index in [0.29, 0.717) is 18.4 Å². The van der Waals surface area contributed by atoms with Crippen molar-refractivity contribution < 1.29 is 9.90 Å². The lowest BCUT2D eigenvalue weighted by Crippen LogP contribution is -2.34. The van der Waals surface area contributed by atoms with Crippen molar-refractivity contribution in [3.8, 4) is 0 Å². The summed E-state index contributed by atoms with van der Waals surface area (Å²) in [6, 6.07) is 6.17. The first-order valence-corrected chi connectivity index (χ1v) is 10.1. The zero-order valence-corrected chi connectivity index (χ0v) is 16.1. The number of carboxylic acid groups (broad SMARTS) is 1. The molecule has 0 bridgehead atoms. The molecule has 1 amide bonds. The number of aromatic nitrogens is 1. The number of amides is 1. The van der Waals surface area contributed by atoms with Crippen LogP contribution < -0.4 is 0 Å². The van der Waals surface area contributed by atoms with Gasteiger partial charge in [-0.3, -0.25) is 4.90 Å². The Morgan fingerprint density at radius 3 is 2.81 bits per heavy atom. The third-order valence-electron chi connectivity index (χ3n) is 5.50. The summed E-state index contributed by atoms with van der Waals surface area (Å²) in [4.78, 5) is 20.4. The highest BCUT2D eigenvalue weighted by molar-refractivity contribution is 7.18. The summed E-state index contributed by atoms with van der Waals surface area (Å²) in [6.45, 7) is 4.90. The maximum Gasteiger partial charge on any atom is 0.411 e. The van der Waals surface area contributed by atoms with Crippen LogP contribution in [0.2, 0.25) is 0 Å². The first-order valence-electron chi connectivity index (χ1n) is 9.31. The lowest BCUT2D eigenvalue weighted by molar-refractivity contribution is 0.159. The Labute approximate surface area is 157 Å². The van der Waals surface area contributed by atoms with Gasteiger partial charge in [0.05, 0.1) is 20.9 Å². The molecule has 0 spiro atoms. The van der Waals surface area contributed by atoms with Crippen molar-refractivity contribution >= 4 is 33.3 Å². The molecular formula is C20H25N3O2S. The average molecular weight is 372 g/mol. The quantitative estimate of drug-likeness (QED) is 0.846. The molecule has 5 nitrogen and oxygen atoms in total. The summed E-state index contributed by atoms with van der Waals surface area (Å²) >= 11 is 1.77. The van der Waals surface area contributed by atoms with Crippen molar-refractivity contribution in [2.75, 3.05) is 26.7 Å². The zero-order valence-electron chi connectivity index (χ0n) is 15.3. The number of hydrogen-bond acceptors (Lipinski definition) is 4. The van der Waals surface area contributed by atoms with E-state index in [2.05, 4.69) is 31.0 Å². The van der Waals surface area contributed by atoms with Gasteiger partial charge in [-0.05, 0) is 63.0 Å². The summed E-state index contributed by atoms with van der Waals surface area (Å²) in [5, 5.41) is 10.8. The molecule has 0 saturated carbocycles. The standard InChI is InChI=1S/C20H25N3O2S/c1-13-3-6-17(23(12-13)20(24)25)15-4-5-16-18(11-15)26-19(21-16)14-7-9-22(2)10-8-14/h4-6,11,13-14H,3,7-10,12H2,1-2H3,(H,24,25)/t13-/m0/s1. The van der Waals surface area contributed by atoms with Crippen LogP contribution in [0, 0.1) is 5.92 Å². The molecule has 1 N–H and O–H groups in total. The van der Waals surface area contributed by atoms with Gasteiger partial charge in [0.2, 0.25) is 0 Å². The van der Waals surface area contributed by atoms with Gasteiger partial charge < -0.3 is 10.0 Å². The van der Waals surface area contributed by atoms with Crippen molar-refractivity contribution in [2.24, 2.45) is 5.92 Å². The van der Waals surface area contributed by atoms with Crippen LogP contribution in [-0.4, -0.2) is 52.7 Å². The minimum atomic E-state index is -0.876. The van der Waals surface area contributed by atoms with Gasteiger partial charge in [0, 0.05) is 12.5 Å². The lowest BCUT2D eigenvalue weighted by atomic mass is 9.98. The maximum atomic E-state index is 11.7. The molecule has 4 rings (SSSR count). The molecule has 1 aromatic heterocycles. The third kappa shape index (κ3) is 3.35. The molecule has 2 aliphatic heterocycles. The molecular weight excluding hydrogens is 346 g/mol. The van der Waals surface area contributed by atoms with E-state index in [1.165, 1.54) is 22.7 Å². The van der Waals surface area contributed by atoms with Crippen LogP contribution in [0.25, 0.3) is 15.9 Å². The predicted molar refractivity (Wildman–Crippen MR) is 106 cm³/mol. The van der Waals surface area contributed by atoms with Gasteiger partial charge >= 0.3 is 6.09 Å². The second-order valence-electron chi connectivity index (χ2n) is 7.64. The maximum absolute atomic E-state index is 11.7. The lowest BCUT2D eigenvalue weighted by Gasteiger charge is -2.29. The topological polar surface area (TPSA) is 56.7 Å². The second-order valence-corrected chi connectivity index (χ2v) is 8.70. The summed E-state index contributed by atoms with van der Waals surface area (Å²) in [5.74, 6) is 0.912. The molecule has 1 fully saturated rings. The van der Waals surface area contributed by atoms with E-state index in [0.717, 1.165) is 41.0 Å². The molecule has 26 heavy (non-hydrogen) atoms. The van der Waals surface area contributed by atoms with Crippen LogP contribution in [0.1, 0.15) is 42.7 Å². The number of allylic oxidation sites excluding steroid dienone is 1. The third-order valence-corrected chi connectivity index (χ3v) is 6.68. The second kappa shape index (κ2) is 7.00. The summed E-state index contributed by atoms with van der Waals surface area (Å²) in [5.41, 5.74) is 2.82. The summed E-state index contributed by atoms with van der Waals surface area (Å²) in [7, 11) is 2.17. The van der Waals surface area contributed by atoms with E-state index < -0.39 is 6.09 Å². The summed E-state index contributed by atoms with van der Waals surface area (Å²) in [6.07, 6.45) is 4.43. The highest BCUT2D eigenvalue weighted by Crippen LogP contribution is 2.36. The molecule has 2 aliphatic rings. The van der Waals surface area contributed by atoms with Gasteiger partial charge in [0.1, 0.15) is 0 Å². The number of carbonyl (C=O) groups is 1. The number of piperidine rings is 1. The molecule has 0 radical (unpaired) electrons. The highest BCUT2D eigenvalue weighted by atomic mass is 32.1. The Bertz CT molecular complexity index is 852. The Hall–Kier alpha value is -1.92. The Balaban J connectivity index is 1.64. The Morgan fingerprint density at radius 1 is 1.31 bits per heavy atom. The number of rotatable bonds is 2. The van der Waals surface area contributed by atoms with Crippen LogP contribution in [-0.2, 0) is 0 Å². The average Bonchev–Trinajstić information content (AvgIpc) is 3.05. The van der Waals surface area contributed by atoms with Crippen LogP contribution in [0.3, 0.4) is 0 Å². The smallest absolute Gasteiger partial charge is 0.411 e. The molecule has 0 aliphatic carbocycles. The van der Waals surface area contributed by atoms with Gasteiger partial charge in [-0.1, -0.05) is 19.1 Å². The molecule has 138 valence electrons. The Morgan fingerprint density at radius 2 is 2.08 bits per heavy atom. The van der Waals surface area contributed by atoms with Crippen LogP contribution >= 0.6 is 11.3 Å². The fraction of sp³-hybridized carbons (Fsp3) is 0.500. The largest absolute Gasteiger partial charge is 0.465 e. The van der Waals surface area contributed by atoms with E-state index in [1.807, 2.05) is 12.1 Å². The van der Waals surface area contributed by atoms with Crippen molar-refractivity contribution in [3.63, 3.8) is 0 Å². The molecule has 6 heteroatoms. The first-order chi connectivity index (χ1) is 12.5. The van der Waals surface area contributed by atoms with Gasteiger partial charge in [-0.2, -0.15) is 0 Å². The number of likely N-dealkylation sites (tertiary alicyclic amines) is 1. The van der Waals surface area contributed by atoms with Crippen molar-refractivity contribution in [3.05, 3.63) is 34.8 Å². The van der Waals surface area contributed by atoms with E-state index in [-0.39, 0.29) is 0 Å². The highest BCUT2D eigenvalue weighted by Gasteiger charge is 2.26. The van der Waals surface area contributed by atoms with Gasteiger partial charge in [-0.25, -0.2) is 9.78 Å². The molecule has 1 aromatic carbocycles. The van der Waals surface area contributed by atoms with Crippen LogP contribution in [0.4, 0.5) is 4.79 Å². The van der Waals surface area contributed by atoms with Crippen molar-refractivity contribution in [1.29, 1.82) is 0 Å². The SMILES string of the molecule is C[C@H]1CC=C(c2ccc3nc(C4CCN(C)CC4)sc3c2)N(C(=O)O)C1. The van der Waals surface area contributed by atoms with E-state index in [9.17, 15) is 9.90 Å². The van der Waals surface area contributed by atoms with Crippen molar-refractivity contribution in [1.82, 2.24) is 14.8 Å². The van der Waals surface area contributed by atoms with Crippen LogP contribution in [0.15, 0.2) is 24.3 Å². The fourth-order valence-electron chi connectivity index (χ4n) is 3.89. The Kier molecular flexibility index (Phi) is 4.71. The van der Waals surface area contributed by atoms with E-state index >= 15 is 0 Å². The number of hydrogen-bond donors (Lipinski definition) is 1. The minimum Gasteiger partial charge on any atom is -0.465 e. The van der Waals surface area contributed by atoms with Gasteiger partial charge in [0.25, 0.3) is 0 Å². The van der Waals surface area contributed by atoms with Gasteiger partial charge in [-0.15, -0.1) is 11.3 Å². The fourth-order valence-corrected chi connectivity index (χ4v) is 5.07. The van der Waals surface area contributed by atoms with Crippen LogP contribution in [0.5, 0.6) is 0 Å². The molecule has 2 aromatic rings. The number of benzene rings is 1. The minimum absolute atomic E-state index is 0.359. The molecule has 0 unspecified atom stereocenters. The monoisotopic (exact) mass is 371 g/mol. The zero-order chi connectivity index (χ0) is 18.3. The molecule has 3 heterocycles. The molecule has 1 saturated heterocycles. The number of nitrogens with zero attached hydrogens (tertiary/aromatic N) is 3. The number of fused-ring (bicyclic) bond motifs is 1. The first kappa shape index (κ1) is 17.5. The summed E-state index contributed by atoms with van der Waals surface area (Å²) < 4.78 is 1.15. The number of thiazole rings is 1. The molecule has 1 atom stereocenters. The van der Waals surface area contributed by atoms with E-state index in [1.54, 1.807) is 11.3 Å². The normalized spacial score (nSPS) is 22.6. The van der Waals surface area contributed by atoms with E-state index in [4.69, 9.17) is 4.98 Å². The van der Waals surface area contributed by atoms with Gasteiger partial charge in [0.15, 0.2) is 0 Å².